The minimum Gasteiger partial charge on any atom is -0.495 e. The van der Waals surface area contributed by atoms with Crippen LogP contribution >= 0.6 is 34.2 Å². The van der Waals surface area contributed by atoms with Crippen molar-refractivity contribution in [1.29, 1.82) is 0 Å². The van der Waals surface area contributed by atoms with Crippen LogP contribution in [0.3, 0.4) is 0 Å². The number of carbonyl (C=O) groups excluding carboxylic acids is 1. The summed E-state index contributed by atoms with van der Waals surface area (Å²) < 4.78 is 11.4. The Morgan fingerprint density at radius 3 is 2.43 bits per heavy atom. The largest absolute Gasteiger partial charge is 0.495 e. The summed E-state index contributed by atoms with van der Waals surface area (Å²) in [6.45, 7) is 1.97. The molecule has 0 spiro atoms. The average molecular weight is 417 g/mol. The molecule has 0 saturated carbocycles. The number of methoxy groups -OCH3 is 2. The van der Waals surface area contributed by atoms with Gasteiger partial charge in [0.25, 0.3) is 0 Å². The molecule has 0 aliphatic carbocycles. The third-order valence-corrected chi connectivity index (χ3v) is 4.96. The van der Waals surface area contributed by atoms with E-state index in [-0.39, 0.29) is 5.78 Å². The maximum absolute atomic E-state index is 12.8. The Hall–Kier alpha value is -1.27. The van der Waals surface area contributed by atoms with E-state index in [1.807, 2.05) is 19.1 Å². The van der Waals surface area contributed by atoms with Gasteiger partial charge in [-0.15, -0.1) is 0 Å². The molecule has 0 fully saturated rings. The fourth-order valence-electron chi connectivity index (χ4n) is 2.04. The zero-order valence-corrected chi connectivity index (χ0v) is 14.8. The van der Waals surface area contributed by atoms with E-state index in [9.17, 15) is 4.79 Å². The molecule has 0 N–H and O–H groups in total. The molecule has 0 aromatic heterocycles. The predicted octanol–water partition coefficient (Wildman–Crippen LogP) is 4.50. The van der Waals surface area contributed by atoms with E-state index in [1.165, 1.54) is 14.2 Å². The molecular weight excluding hydrogens is 403 g/mol. The van der Waals surface area contributed by atoms with Gasteiger partial charge in [0.1, 0.15) is 10.8 Å². The molecular formula is C16H14ClIO3. The molecule has 0 saturated heterocycles. The SMILES string of the molecule is COc1ccc(C(=O)c2cccc(C)c2I)c(OC)c1Cl. The molecule has 5 heteroatoms. The molecule has 110 valence electrons. The Morgan fingerprint density at radius 1 is 1.10 bits per heavy atom. The summed E-state index contributed by atoms with van der Waals surface area (Å²) in [5.74, 6) is 0.687. The highest BCUT2D eigenvalue weighted by molar-refractivity contribution is 14.1. The summed E-state index contributed by atoms with van der Waals surface area (Å²) in [6, 6.07) is 8.97. The van der Waals surface area contributed by atoms with Gasteiger partial charge in [0.2, 0.25) is 0 Å². The van der Waals surface area contributed by atoms with Crippen LogP contribution < -0.4 is 9.47 Å². The zero-order valence-electron chi connectivity index (χ0n) is 11.9. The normalized spacial score (nSPS) is 10.3. The van der Waals surface area contributed by atoms with Crippen molar-refractivity contribution in [3.63, 3.8) is 0 Å². The number of carbonyl (C=O) groups is 1. The van der Waals surface area contributed by atoms with E-state index in [1.54, 1.807) is 18.2 Å². The van der Waals surface area contributed by atoms with Crippen LogP contribution in [0.4, 0.5) is 0 Å². The van der Waals surface area contributed by atoms with Crippen LogP contribution in [0.1, 0.15) is 21.5 Å². The molecule has 3 nitrogen and oxygen atoms in total. The summed E-state index contributed by atoms with van der Waals surface area (Å²) in [5, 5.41) is 0.300. The Morgan fingerprint density at radius 2 is 1.81 bits per heavy atom. The minimum absolute atomic E-state index is 0.121. The van der Waals surface area contributed by atoms with Crippen molar-refractivity contribution >= 4 is 40.0 Å². The van der Waals surface area contributed by atoms with E-state index < -0.39 is 0 Å². The zero-order chi connectivity index (χ0) is 15.6. The number of benzene rings is 2. The number of ketones is 1. The first-order chi connectivity index (χ1) is 10.0. The summed E-state index contributed by atoms with van der Waals surface area (Å²) in [5.41, 5.74) is 2.11. The lowest BCUT2D eigenvalue weighted by Crippen LogP contribution is -2.07. The van der Waals surface area contributed by atoms with Crippen molar-refractivity contribution in [1.82, 2.24) is 0 Å². The molecule has 0 radical (unpaired) electrons. The standard InChI is InChI=1S/C16H14ClIO3/c1-9-5-4-6-10(14(9)18)15(19)11-7-8-12(20-2)13(17)16(11)21-3/h4-8H,1-3H3. The second kappa shape index (κ2) is 6.66. The average Bonchev–Trinajstić information content (AvgIpc) is 2.49. The third kappa shape index (κ3) is 3.01. The van der Waals surface area contributed by atoms with Gasteiger partial charge in [-0.2, -0.15) is 0 Å². The molecule has 0 bridgehead atoms. The van der Waals surface area contributed by atoms with Gasteiger partial charge in [-0.05, 0) is 53.3 Å². The van der Waals surface area contributed by atoms with Crippen molar-refractivity contribution < 1.29 is 14.3 Å². The minimum atomic E-state index is -0.121. The fourth-order valence-corrected chi connectivity index (χ4v) is 2.97. The maximum atomic E-state index is 12.8. The van der Waals surface area contributed by atoms with Gasteiger partial charge in [-0.1, -0.05) is 23.7 Å². The maximum Gasteiger partial charge on any atom is 0.197 e. The quantitative estimate of drug-likeness (QED) is 0.544. The van der Waals surface area contributed by atoms with Gasteiger partial charge >= 0.3 is 0 Å². The summed E-state index contributed by atoms with van der Waals surface area (Å²) in [6.07, 6.45) is 0. The van der Waals surface area contributed by atoms with Gasteiger partial charge in [-0.25, -0.2) is 0 Å². The van der Waals surface area contributed by atoms with Crippen molar-refractivity contribution in [2.45, 2.75) is 6.92 Å². The second-order valence-corrected chi connectivity index (χ2v) is 5.88. The van der Waals surface area contributed by atoms with E-state index >= 15 is 0 Å². The fraction of sp³-hybridized carbons (Fsp3) is 0.188. The molecule has 2 aromatic carbocycles. The van der Waals surface area contributed by atoms with E-state index in [2.05, 4.69) is 22.6 Å². The number of hydrogen-bond acceptors (Lipinski definition) is 3. The highest BCUT2D eigenvalue weighted by Gasteiger charge is 2.21. The Balaban J connectivity index is 2.59. The highest BCUT2D eigenvalue weighted by atomic mass is 127. The van der Waals surface area contributed by atoms with Gasteiger partial charge < -0.3 is 9.47 Å². The topological polar surface area (TPSA) is 35.5 Å². The molecule has 2 aromatic rings. The second-order valence-electron chi connectivity index (χ2n) is 4.43. The number of rotatable bonds is 4. The smallest absolute Gasteiger partial charge is 0.197 e. The van der Waals surface area contributed by atoms with Crippen LogP contribution in [0.15, 0.2) is 30.3 Å². The number of hydrogen-bond donors (Lipinski definition) is 0. The van der Waals surface area contributed by atoms with Gasteiger partial charge in [0.05, 0.1) is 19.8 Å². The summed E-state index contributed by atoms with van der Waals surface area (Å²) in [7, 11) is 3.00. The Labute approximate surface area is 142 Å². The molecule has 0 aliphatic rings. The van der Waals surface area contributed by atoms with Crippen LogP contribution in [-0.2, 0) is 0 Å². The lowest BCUT2D eigenvalue weighted by atomic mass is 10.0. The molecule has 0 heterocycles. The van der Waals surface area contributed by atoms with Crippen molar-refractivity contribution in [2.24, 2.45) is 0 Å². The van der Waals surface area contributed by atoms with Crippen LogP contribution in [0, 0.1) is 10.5 Å². The lowest BCUT2D eigenvalue weighted by Gasteiger charge is -2.13. The van der Waals surface area contributed by atoms with Crippen molar-refractivity contribution in [3.05, 3.63) is 55.6 Å². The number of ether oxygens (including phenoxy) is 2. The van der Waals surface area contributed by atoms with Crippen molar-refractivity contribution in [3.8, 4) is 11.5 Å². The number of halogens is 2. The van der Waals surface area contributed by atoms with Gasteiger partial charge in [-0.3, -0.25) is 4.79 Å². The van der Waals surface area contributed by atoms with Crippen LogP contribution in [0.5, 0.6) is 11.5 Å². The van der Waals surface area contributed by atoms with E-state index in [0.717, 1.165) is 9.13 Å². The molecule has 0 amide bonds. The lowest BCUT2D eigenvalue weighted by molar-refractivity contribution is 0.103. The number of aryl methyl sites for hydroxylation is 1. The van der Waals surface area contributed by atoms with E-state index in [0.29, 0.717) is 27.6 Å². The molecule has 0 atom stereocenters. The van der Waals surface area contributed by atoms with Gasteiger partial charge in [0, 0.05) is 9.13 Å². The monoisotopic (exact) mass is 416 g/mol. The Bertz CT molecular complexity index is 698. The summed E-state index contributed by atoms with van der Waals surface area (Å²) >= 11 is 8.39. The highest BCUT2D eigenvalue weighted by Crippen LogP contribution is 2.38. The molecule has 2 rings (SSSR count). The first-order valence-corrected chi connectivity index (χ1v) is 7.67. The van der Waals surface area contributed by atoms with Crippen LogP contribution in [0.2, 0.25) is 5.02 Å². The van der Waals surface area contributed by atoms with Crippen LogP contribution in [-0.4, -0.2) is 20.0 Å². The van der Waals surface area contributed by atoms with Gasteiger partial charge in [0.15, 0.2) is 11.5 Å². The molecule has 21 heavy (non-hydrogen) atoms. The first kappa shape index (κ1) is 16.1. The van der Waals surface area contributed by atoms with E-state index in [4.69, 9.17) is 21.1 Å². The van der Waals surface area contributed by atoms with Crippen molar-refractivity contribution in [2.75, 3.05) is 14.2 Å². The molecule has 0 unspecified atom stereocenters. The molecule has 0 aliphatic heterocycles. The third-order valence-electron chi connectivity index (χ3n) is 3.17. The first-order valence-electron chi connectivity index (χ1n) is 6.21. The summed E-state index contributed by atoms with van der Waals surface area (Å²) in [4.78, 5) is 12.8. The van der Waals surface area contributed by atoms with Crippen LogP contribution in [0.25, 0.3) is 0 Å². The Kier molecular flexibility index (Phi) is 5.11. The predicted molar refractivity (Wildman–Crippen MR) is 91.9 cm³/mol.